The maximum absolute atomic E-state index is 6.02. The zero-order chi connectivity index (χ0) is 14.1. The number of halogens is 2. The van der Waals surface area contributed by atoms with Crippen LogP contribution in [0.5, 0.6) is 0 Å². The SMILES string of the molecule is CNc1nc(-c2ccc(Cl)s2)nc(C2CCCC2)c1Br. The molecule has 2 aromatic rings. The van der Waals surface area contributed by atoms with Gasteiger partial charge in [0.25, 0.3) is 0 Å². The Balaban J connectivity index is 2.09. The first kappa shape index (κ1) is 14.3. The van der Waals surface area contributed by atoms with Crippen LogP contribution in [-0.4, -0.2) is 17.0 Å². The van der Waals surface area contributed by atoms with E-state index in [0.717, 1.165) is 31.0 Å². The van der Waals surface area contributed by atoms with Gasteiger partial charge in [-0.25, -0.2) is 9.97 Å². The van der Waals surface area contributed by atoms with E-state index in [1.54, 1.807) is 0 Å². The lowest BCUT2D eigenvalue weighted by molar-refractivity contribution is 0.691. The van der Waals surface area contributed by atoms with Crippen LogP contribution in [-0.2, 0) is 0 Å². The zero-order valence-electron chi connectivity index (χ0n) is 11.1. The second kappa shape index (κ2) is 6.00. The van der Waals surface area contributed by atoms with Crippen LogP contribution in [0.4, 0.5) is 5.82 Å². The van der Waals surface area contributed by atoms with Crippen molar-refractivity contribution in [1.82, 2.24) is 9.97 Å². The van der Waals surface area contributed by atoms with Crippen LogP contribution in [0.2, 0.25) is 4.34 Å². The minimum Gasteiger partial charge on any atom is -0.372 e. The number of hydrogen-bond acceptors (Lipinski definition) is 4. The van der Waals surface area contributed by atoms with E-state index in [9.17, 15) is 0 Å². The van der Waals surface area contributed by atoms with Crippen molar-refractivity contribution >= 4 is 44.7 Å². The molecule has 0 spiro atoms. The third-order valence-electron chi connectivity index (χ3n) is 3.65. The predicted octanol–water partition coefficient (Wildman–Crippen LogP) is 5.32. The summed E-state index contributed by atoms with van der Waals surface area (Å²) >= 11 is 11.2. The van der Waals surface area contributed by atoms with Crippen molar-refractivity contribution in [1.29, 1.82) is 0 Å². The molecule has 0 atom stereocenters. The van der Waals surface area contributed by atoms with Crippen molar-refractivity contribution in [2.75, 3.05) is 12.4 Å². The van der Waals surface area contributed by atoms with E-state index in [-0.39, 0.29) is 0 Å². The first-order valence-corrected chi connectivity index (χ1v) is 8.68. The summed E-state index contributed by atoms with van der Waals surface area (Å²) in [5.41, 5.74) is 1.13. The number of rotatable bonds is 3. The monoisotopic (exact) mass is 371 g/mol. The van der Waals surface area contributed by atoms with Gasteiger partial charge in [0, 0.05) is 13.0 Å². The number of nitrogens with zero attached hydrogens (tertiary/aromatic N) is 2. The minimum atomic E-state index is 0.536. The van der Waals surface area contributed by atoms with Crippen LogP contribution >= 0.6 is 38.9 Å². The molecule has 1 aliphatic rings. The Bertz CT molecular complexity index is 623. The zero-order valence-corrected chi connectivity index (χ0v) is 14.3. The average Bonchev–Trinajstić information content (AvgIpc) is 3.10. The van der Waals surface area contributed by atoms with Gasteiger partial charge in [-0.3, -0.25) is 0 Å². The van der Waals surface area contributed by atoms with Gasteiger partial charge in [0.15, 0.2) is 5.82 Å². The molecule has 1 fully saturated rings. The Morgan fingerprint density at radius 3 is 2.65 bits per heavy atom. The minimum absolute atomic E-state index is 0.536. The molecule has 0 amide bonds. The predicted molar refractivity (Wildman–Crippen MR) is 88.8 cm³/mol. The third kappa shape index (κ3) is 2.71. The smallest absolute Gasteiger partial charge is 0.172 e. The second-order valence-corrected chi connectivity index (χ2v) is 7.44. The van der Waals surface area contributed by atoms with Crippen LogP contribution in [0.25, 0.3) is 10.7 Å². The van der Waals surface area contributed by atoms with Gasteiger partial charge in [0.05, 0.1) is 19.4 Å². The van der Waals surface area contributed by atoms with Crippen molar-refractivity contribution in [3.05, 3.63) is 26.6 Å². The van der Waals surface area contributed by atoms with E-state index in [1.807, 2.05) is 19.2 Å². The molecule has 0 unspecified atom stereocenters. The summed E-state index contributed by atoms with van der Waals surface area (Å²) in [7, 11) is 1.89. The molecule has 6 heteroatoms. The molecule has 0 radical (unpaired) electrons. The van der Waals surface area contributed by atoms with E-state index in [1.165, 1.54) is 37.0 Å². The molecule has 3 nitrogen and oxygen atoms in total. The Hall–Kier alpha value is -0.650. The lowest BCUT2D eigenvalue weighted by Crippen LogP contribution is -2.05. The standard InChI is InChI=1S/C14H15BrClN3S/c1-17-14-11(15)12(8-4-2-3-5-8)18-13(19-14)9-6-7-10(16)20-9/h6-8H,2-5H2,1H3,(H,17,18,19). The summed E-state index contributed by atoms with van der Waals surface area (Å²) in [6.45, 7) is 0. The molecular formula is C14H15BrClN3S. The molecular weight excluding hydrogens is 358 g/mol. The quantitative estimate of drug-likeness (QED) is 0.792. The molecule has 0 saturated heterocycles. The Morgan fingerprint density at radius 1 is 1.30 bits per heavy atom. The molecule has 0 aromatic carbocycles. The van der Waals surface area contributed by atoms with Crippen LogP contribution < -0.4 is 5.32 Å². The molecule has 2 aromatic heterocycles. The highest BCUT2D eigenvalue weighted by molar-refractivity contribution is 9.10. The summed E-state index contributed by atoms with van der Waals surface area (Å²) in [4.78, 5) is 10.4. The van der Waals surface area contributed by atoms with Gasteiger partial charge in [-0.15, -0.1) is 11.3 Å². The molecule has 1 N–H and O–H groups in total. The van der Waals surface area contributed by atoms with Gasteiger partial charge in [-0.2, -0.15) is 0 Å². The fourth-order valence-electron chi connectivity index (χ4n) is 2.64. The first-order valence-electron chi connectivity index (χ1n) is 6.70. The maximum atomic E-state index is 6.02. The molecule has 20 heavy (non-hydrogen) atoms. The summed E-state index contributed by atoms with van der Waals surface area (Å²) < 4.78 is 1.76. The largest absolute Gasteiger partial charge is 0.372 e. The van der Waals surface area contributed by atoms with Crippen molar-refractivity contribution in [2.45, 2.75) is 31.6 Å². The Morgan fingerprint density at radius 2 is 2.05 bits per heavy atom. The molecule has 0 bridgehead atoms. The lowest BCUT2D eigenvalue weighted by atomic mass is 10.0. The number of aromatic nitrogens is 2. The van der Waals surface area contributed by atoms with Crippen LogP contribution in [0, 0.1) is 0 Å². The number of anilines is 1. The molecule has 1 saturated carbocycles. The molecule has 106 valence electrons. The maximum Gasteiger partial charge on any atom is 0.172 e. The van der Waals surface area contributed by atoms with E-state index >= 15 is 0 Å². The lowest BCUT2D eigenvalue weighted by Gasteiger charge is -2.14. The van der Waals surface area contributed by atoms with Gasteiger partial charge in [0.2, 0.25) is 0 Å². The highest BCUT2D eigenvalue weighted by Crippen LogP contribution is 2.40. The Labute approximate surface area is 135 Å². The van der Waals surface area contributed by atoms with E-state index in [0.29, 0.717) is 5.92 Å². The third-order valence-corrected chi connectivity index (χ3v) is 5.66. The van der Waals surface area contributed by atoms with Gasteiger partial charge in [0.1, 0.15) is 5.82 Å². The molecule has 1 aliphatic carbocycles. The van der Waals surface area contributed by atoms with Crippen LogP contribution in [0.3, 0.4) is 0 Å². The average molecular weight is 373 g/mol. The van der Waals surface area contributed by atoms with E-state index in [4.69, 9.17) is 16.6 Å². The Kier molecular flexibility index (Phi) is 4.29. The first-order chi connectivity index (χ1) is 9.69. The van der Waals surface area contributed by atoms with E-state index in [2.05, 4.69) is 26.2 Å². The highest BCUT2D eigenvalue weighted by Gasteiger charge is 2.24. The topological polar surface area (TPSA) is 37.8 Å². The van der Waals surface area contributed by atoms with Gasteiger partial charge >= 0.3 is 0 Å². The van der Waals surface area contributed by atoms with Crippen molar-refractivity contribution in [3.8, 4) is 10.7 Å². The van der Waals surface area contributed by atoms with Gasteiger partial charge in [-0.05, 0) is 40.9 Å². The number of nitrogens with one attached hydrogen (secondary N) is 1. The molecule has 0 aliphatic heterocycles. The number of hydrogen-bond donors (Lipinski definition) is 1. The van der Waals surface area contributed by atoms with Gasteiger partial charge in [-0.1, -0.05) is 24.4 Å². The van der Waals surface area contributed by atoms with Crippen molar-refractivity contribution < 1.29 is 0 Å². The molecule has 3 rings (SSSR count). The van der Waals surface area contributed by atoms with Crippen molar-refractivity contribution in [3.63, 3.8) is 0 Å². The summed E-state index contributed by atoms with van der Waals surface area (Å²) in [5.74, 6) is 2.14. The summed E-state index contributed by atoms with van der Waals surface area (Å²) in [6, 6.07) is 3.87. The second-order valence-electron chi connectivity index (χ2n) is 4.93. The molecule has 2 heterocycles. The normalized spacial score (nSPS) is 15.8. The van der Waals surface area contributed by atoms with Gasteiger partial charge < -0.3 is 5.32 Å². The van der Waals surface area contributed by atoms with E-state index < -0.39 is 0 Å². The highest BCUT2D eigenvalue weighted by atomic mass is 79.9. The fourth-order valence-corrected chi connectivity index (χ4v) is 4.32. The van der Waals surface area contributed by atoms with Crippen LogP contribution in [0.1, 0.15) is 37.3 Å². The summed E-state index contributed by atoms with van der Waals surface area (Å²) in [6.07, 6.45) is 5.00. The fraction of sp³-hybridized carbons (Fsp3) is 0.429. The number of thiophene rings is 1. The summed E-state index contributed by atoms with van der Waals surface area (Å²) in [5, 5.41) is 3.15. The van der Waals surface area contributed by atoms with Crippen molar-refractivity contribution in [2.24, 2.45) is 0 Å². The van der Waals surface area contributed by atoms with Crippen LogP contribution in [0.15, 0.2) is 16.6 Å².